The number of benzene rings is 3. The van der Waals surface area contributed by atoms with Crippen molar-refractivity contribution in [2.24, 2.45) is 0 Å². The highest BCUT2D eigenvalue weighted by molar-refractivity contribution is 7.99. The van der Waals surface area contributed by atoms with Crippen molar-refractivity contribution in [3.8, 4) is 5.69 Å². The fourth-order valence-electron chi connectivity index (χ4n) is 3.74. The van der Waals surface area contributed by atoms with Crippen LogP contribution in [-0.2, 0) is 14.8 Å². The molecule has 12 heteroatoms. The number of para-hydroxylation sites is 2. The van der Waals surface area contributed by atoms with Gasteiger partial charge in [-0.05, 0) is 61.5 Å². The minimum Gasteiger partial charge on any atom is -0.325 e. The van der Waals surface area contributed by atoms with Gasteiger partial charge in [0.2, 0.25) is 11.9 Å². The molecule has 2 aromatic heterocycles. The van der Waals surface area contributed by atoms with E-state index < -0.39 is 10.0 Å². The van der Waals surface area contributed by atoms with Gasteiger partial charge in [-0.25, -0.2) is 28.1 Å². The quantitative estimate of drug-likeness (QED) is 0.215. The van der Waals surface area contributed by atoms with E-state index in [0.717, 1.165) is 11.8 Å². The van der Waals surface area contributed by atoms with Gasteiger partial charge >= 0.3 is 0 Å². The van der Waals surface area contributed by atoms with E-state index in [0.29, 0.717) is 33.1 Å². The Morgan fingerprint density at radius 1 is 0.923 bits per heavy atom. The number of nitrogens with one attached hydrogen (secondary N) is 2. The third-order valence-corrected chi connectivity index (χ3v) is 7.84. The zero-order chi connectivity index (χ0) is 27.4. The van der Waals surface area contributed by atoms with Crippen molar-refractivity contribution < 1.29 is 13.2 Å². The molecule has 2 heterocycles. The maximum Gasteiger partial charge on any atom is 0.266 e. The van der Waals surface area contributed by atoms with Gasteiger partial charge in [-0.15, -0.1) is 0 Å². The number of nitrogens with zero attached hydrogens (tertiary/aromatic N) is 4. The average molecular weight is 559 g/mol. The highest BCUT2D eigenvalue weighted by Gasteiger charge is 2.17. The molecule has 0 radical (unpaired) electrons. The first-order valence-corrected chi connectivity index (χ1v) is 14.2. The van der Waals surface area contributed by atoms with Gasteiger partial charge in [0.1, 0.15) is 0 Å². The molecular weight excluding hydrogens is 536 g/mol. The summed E-state index contributed by atoms with van der Waals surface area (Å²) < 4.78 is 29.1. The van der Waals surface area contributed by atoms with Crippen LogP contribution in [0.5, 0.6) is 0 Å². The number of hydrogen-bond acceptors (Lipinski definition) is 8. The van der Waals surface area contributed by atoms with Crippen LogP contribution in [0.3, 0.4) is 0 Å². The maximum atomic E-state index is 13.3. The van der Waals surface area contributed by atoms with E-state index in [1.54, 1.807) is 49.4 Å². The second-order valence-corrected chi connectivity index (χ2v) is 11.0. The summed E-state index contributed by atoms with van der Waals surface area (Å²) in [5.74, 6) is -0.395. The highest BCUT2D eigenvalue weighted by Crippen LogP contribution is 2.22. The molecule has 5 aromatic rings. The number of rotatable bonds is 8. The van der Waals surface area contributed by atoms with Gasteiger partial charge in [0, 0.05) is 17.6 Å². The molecule has 0 bridgehead atoms. The first kappa shape index (κ1) is 26.1. The van der Waals surface area contributed by atoms with E-state index in [-0.39, 0.29) is 28.1 Å². The molecule has 196 valence electrons. The summed E-state index contributed by atoms with van der Waals surface area (Å²) in [4.78, 5) is 38.6. The molecule has 0 aliphatic heterocycles. The van der Waals surface area contributed by atoms with Crippen LogP contribution < -0.4 is 15.6 Å². The van der Waals surface area contributed by atoms with E-state index in [1.165, 1.54) is 35.0 Å². The molecule has 0 unspecified atom stereocenters. The summed E-state index contributed by atoms with van der Waals surface area (Å²) in [7, 11) is -3.91. The molecule has 2 N–H and O–H groups in total. The normalized spacial score (nSPS) is 11.3. The van der Waals surface area contributed by atoms with E-state index in [9.17, 15) is 18.0 Å². The molecule has 0 saturated carbocycles. The molecule has 39 heavy (non-hydrogen) atoms. The number of thioether (sulfide) groups is 1. The first-order valence-electron chi connectivity index (χ1n) is 11.7. The largest absolute Gasteiger partial charge is 0.325 e. The van der Waals surface area contributed by atoms with Crippen LogP contribution in [0, 0.1) is 6.92 Å². The zero-order valence-electron chi connectivity index (χ0n) is 20.6. The lowest BCUT2D eigenvalue weighted by Gasteiger charge is -2.13. The summed E-state index contributed by atoms with van der Waals surface area (Å²) in [5.41, 5.74) is 2.00. The standard InChI is InChI=1S/C27H22N6O4S2/c1-18-15-16-28-26(29-18)32-39(36,37)21-13-11-19(12-14-21)30-24(34)17-38-27-31-23-10-6-5-9-22(23)25(35)33(27)20-7-3-2-4-8-20/h2-16H,17H2,1H3,(H,30,34)(H,28,29,32). The number of amides is 1. The summed E-state index contributed by atoms with van der Waals surface area (Å²) >= 11 is 1.13. The maximum absolute atomic E-state index is 13.3. The smallest absolute Gasteiger partial charge is 0.266 e. The first-order chi connectivity index (χ1) is 18.8. The second kappa shape index (κ2) is 11.1. The van der Waals surface area contributed by atoms with Crippen LogP contribution in [0.15, 0.2) is 106 Å². The lowest BCUT2D eigenvalue weighted by atomic mass is 10.2. The van der Waals surface area contributed by atoms with Crippen molar-refractivity contribution >= 4 is 50.2 Å². The molecule has 0 saturated heterocycles. The van der Waals surface area contributed by atoms with Crippen molar-refractivity contribution in [2.75, 3.05) is 15.8 Å². The van der Waals surface area contributed by atoms with Crippen molar-refractivity contribution in [3.63, 3.8) is 0 Å². The van der Waals surface area contributed by atoms with Crippen LogP contribution in [0.25, 0.3) is 16.6 Å². The Morgan fingerprint density at radius 2 is 1.64 bits per heavy atom. The van der Waals surface area contributed by atoms with Crippen molar-refractivity contribution in [2.45, 2.75) is 17.0 Å². The summed E-state index contributed by atoms with van der Waals surface area (Å²) in [6.07, 6.45) is 1.46. The molecule has 0 aliphatic rings. The fraction of sp³-hybridized carbons (Fsp3) is 0.0741. The number of carbonyl (C=O) groups excluding carboxylic acids is 1. The molecule has 10 nitrogen and oxygen atoms in total. The van der Waals surface area contributed by atoms with Gasteiger partial charge in [0.05, 0.1) is 27.2 Å². The average Bonchev–Trinajstić information content (AvgIpc) is 2.92. The summed E-state index contributed by atoms with van der Waals surface area (Å²) in [6.45, 7) is 1.73. The van der Waals surface area contributed by atoms with Crippen LogP contribution in [0.2, 0.25) is 0 Å². The molecular formula is C27H22N6O4S2. The molecule has 1 amide bonds. The Balaban J connectivity index is 1.30. The Labute approximate surface area is 228 Å². The minimum atomic E-state index is -3.91. The molecule has 5 rings (SSSR count). The van der Waals surface area contributed by atoms with E-state index in [1.807, 2.05) is 18.2 Å². The molecule has 0 atom stereocenters. The monoisotopic (exact) mass is 558 g/mol. The number of anilines is 2. The van der Waals surface area contributed by atoms with Gasteiger partial charge in [0.15, 0.2) is 5.16 Å². The number of fused-ring (bicyclic) bond motifs is 1. The predicted octanol–water partition coefficient (Wildman–Crippen LogP) is 4.02. The van der Waals surface area contributed by atoms with Gasteiger partial charge in [-0.2, -0.15) is 0 Å². The van der Waals surface area contributed by atoms with Crippen molar-refractivity contribution in [1.82, 2.24) is 19.5 Å². The number of hydrogen-bond donors (Lipinski definition) is 2. The Kier molecular flexibility index (Phi) is 7.39. The van der Waals surface area contributed by atoms with E-state index >= 15 is 0 Å². The molecule has 0 fully saturated rings. The number of aromatic nitrogens is 4. The third-order valence-electron chi connectivity index (χ3n) is 5.56. The summed E-state index contributed by atoms with van der Waals surface area (Å²) in [6, 6.07) is 23.6. The fourth-order valence-corrected chi connectivity index (χ4v) is 5.50. The van der Waals surface area contributed by atoms with Crippen LogP contribution in [-0.4, -0.2) is 39.6 Å². The van der Waals surface area contributed by atoms with Gasteiger partial charge in [-0.3, -0.25) is 14.2 Å². The van der Waals surface area contributed by atoms with Crippen LogP contribution in [0.4, 0.5) is 11.6 Å². The SMILES string of the molecule is Cc1ccnc(NS(=O)(=O)c2ccc(NC(=O)CSc3nc4ccccc4c(=O)n3-c3ccccc3)cc2)n1. The predicted molar refractivity (Wildman–Crippen MR) is 151 cm³/mol. The van der Waals surface area contributed by atoms with E-state index in [4.69, 9.17) is 0 Å². The van der Waals surface area contributed by atoms with Crippen molar-refractivity contribution in [3.05, 3.63) is 107 Å². The lowest BCUT2D eigenvalue weighted by Crippen LogP contribution is -2.23. The molecule has 0 aliphatic carbocycles. The molecule has 0 spiro atoms. The van der Waals surface area contributed by atoms with Gasteiger partial charge in [-0.1, -0.05) is 42.1 Å². The van der Waals surface area contributed by atoms with E-state index in [2.05, 4.69) is 25.0 Å². The molecule has 3 aromatic carbocycles. The van der Waals surface area contributed by atoms with Gasteiger partial charge < -0.3 is 5.32 Å². The topological polar surface area (TPSA) is 136 Å². The Bertz CT molecular complexity index is 1830. The number of sulfonamides is 1. The Morgan fingerprint density at radius 3 is 2.38 bits per heavy atom. The van der Waals surface area contributed by atoms with Crippen LogP contribution >= 0.6 is 11.8 Å². The summed E-state index contributed by atoms with van der Waals surface area (Å²) in [5, 5.41) is 3.60. The number of carbonyl (C=O) groups is 1. The zero-order valence-corrected chi connectivity index (χ0v) is 22.2. The lowest BCUT2D eigenvalue weighted by molar-refractivity contribution is -0.113. The minimum absolute atomic E-state index is 0.00720. The van der Waals surface area contributed by atoms with Crippen molar-refractivity contribution in [1.29, 1.82) is 0 Å². The third kappa shape index (κ3) is 5.97. The number of aryl methyl sites for hydroxylation is 1. The highest BCUT2D eigenvalue weighted by atomic mass is 32.2. The van der Waals surface area contributed by atoms with Gasteiger partial charge in [0.25, 0.3) is 15.6 Å². The second-order valence-electron chi connectivity index (χ2n) is 8.38. The Hall–Kier alpha value is -4.55. The van der Waals surface area contributed by atoms with Crippen LogP contribution in [0.1, 0.15) is 5.69 Å².